The smallest absolute Gasteiger partial charge is 0.251 e. The van der Waals surface area contributed by atoms with Gasteiger partial charge in [-0.05, 0) is 25.1 Å². The van der Waals surface area contributed by atoms with E-state index in [2.05, 4.69) is 10.6 Å². The first-order valence-corrected chi connectivity index (χ1v) is 5.25. The second kappa shape index (κ2) is 5.06. The van der Waals surface area contributed by atoms with Gasteiger partial charge in [0.25, 0.3) is 5.91 Å². The van der Waals surface area contributed by atoms with Gasteiger partial charge in [-0.1, -0.05) is 0 Å². The zero-order valence-corrected chi connectivity index (χ0v) is 9.69. The third-order valence-corrected chi connectivity index (χ3v) is 2.67. The average Bonchev–Trinajstić information content (AvgIpc) is 2.41. The van der Waals surface area contributed by atoms with E-state index in [1.165, 1.54) is 11.8 Å². The topological polar surface area (TPSA) is 61.4 Å². The summed E-state index contributed by atoms with van der Waals surface area (Å²) in [5.41, 5.74) is 0. The van der Waals surface area contributed by atoms with Crippen molar-refractivity contribution in [3.63, 3.8) is 0 Å². The molecule has 84 valence electrons. The molecule has 0 aromatic rings. The number of carbonyl (C=O) groups is 2. The molecule has 0 spiro atoms. The molecule has 1 aliphatic rings. The predicted octanol–water partition coefficient (Wildman–Crippen LogP) is -0.382. The van der Waals surface area contributed by atoms with Crippen molar-refractivity contribution in [3.8, 4) is 0 Å². The van der Waals surface area contributed by atoms with E-state index in [0.717, 1.165) is 6.42 Å². The van der Waals surface area contributed by atoms with Gasteiger partial charge in [0.2, 0.25) is 5.91 Å². The van der Waals surface area contributed by atoms with Crippen molar-refractivity contribution < 1.29 is 9.59 Å². The lowest BCUT2D eigenvalue weighted by molar-refractivity contribution is -0.126. The monoisotopic (exact) mass is 229 g/mol. The second-order valence-electron chi connectivity index (χ2n) is 3.52. The summed E-state index contributed by atoms with van der Waals surface area (Å²) in [4.78, 5) is 23.6. The van der Waals surface area contributed by atoms with Crippen LogP contribution in [-0.4, -0.2) is 41.5 Å². The molecule has 1 fully saturated rings. The summed E-state index contributed by atoms with van der Waals surface area (Å²) in [6, 6.07) is -0.226. The summed E-state index contributed by atoms with van der Waals surface area (Å²) in [5, 5.41) is 6.10. The number of nitrogens with zero attached hydrogens (tertiary/aromatic N) is 1. The molecule has 1 unspecified atom stereocenters. The van der Waals surface area contributed by atoms with Gasteiger partial charge in [0.1, 0.15) is 6.04 Å². The van der Waals surface area contributed by atoms with Crippen LogP contribution in [-0.2, 0) is 9.59 Å². The van der Waals surface area contributed by atoms with Crippen molar-refractivity contribution in [2.75, 3.05) is 13.6 Å². The highest BCUT2D eigenvalue weighted by molar-refractivity contribution is 7.80. The standard InChI is InChI=1S/C9H15N3O2S/c1-6(13)10-5-3-4-7-8(14)12(2)9(15)11-7/h7H,3-5H2,1-2H3,(H,10,13)(H,11,15). The van der Waals surface area contributed by atoms with E-state index in [9.17, 15) is 9.59 Å². The van der Waals surface area contributed by atoms with E-state index in [-0.39, 0.29) is 17.9 Å². The fraction of sp³-hybridized carbons (Fsp3) is 0.667. The van der Waals surface area contributed by atoms with Gasteiger partial charge < -0.3 is 10.6 Å². The molecule has 0 radical (unpaired) electrons. The Hall–Kier alpha value is -1.17. The molecule has 6 heteroatoms. The molecule has 1 rings (SSSR count). The molecule has 1 aliphatic heterocycles. The minimum absolute atomic E-state index is 0.00262. The van der Waals surface area contributed by atoms with Crippen LogP contribution in [0.1, 0.15) is 19.8 Å². The Balaban J connectivity index is 2.26. The quantitative estimate of drug-likeness (QED) is 0.509. The number of thiocarbonyl (C=S) groups is 1. The van der Waals surface area contributed by atoms with E-state index < -0.39 is 0 Å². The van der Waals surface area contributed by atoms with Crippen molar-refractivity contribution >= 4 is 29.1 Å². The first kappa shape index (κ1) is 11.9. The Labute approximate surface area is 94.2 Å². The van der Waals surface area contributed by atoms with Gasteiger partial charge in [-0.25, -0.2) is 0 Å². The molecule has 1 heterocycles. The highest BCUT2D eigenvalue weighted by atomic mass is 32.1. The first-order valence-electron chi connectivity index (χ1n) is 4.85. The highest BCUT2D eigenvalue weighted by Crippen LogP contribution is 2.08. The number of nitrogens with one attached hydrogen (secondary N) is 2. The summed E-state index contributed by atoms with van der Waals surface area (Å²) >= 11 is 4.94. The van der Waals surface area contributed by atoms with Gasteiger partial charge in [0, 0.05) is 20.5 Å². The summed E-state index contributed by atoms with van der Waals surface area (Å²) in [6.07, 6.45) is 1.45. The number of hydrogen-bond donors (Lipinski definition) is 2. The molecular weight excluding hydrogens is 214 g/mol. The Morgan fingerprint density at radius 3 is 2.80 bits per heavy atom. The molecule has 0 aliphatic carbocycles. The van der Waals surface area contributed by atoms with Crippen LogP contribution in [0.25, 0.3) is 0 Å². The molecular formula is C9H15N3O2S. The molecule has 0 bridgehead atoms. The van der Waals surface area contributed by atoms with Crippen LogP contribution in [0.3, 0.4) is 0 Å². The molecule has 2 amide bonds. The van der Waals surface area contributed by atoms with Crippen LogP contribution in [0.15, 0.2) is 0 Å². The van der Waals surface area contributed by atoms with Gasteiger partial charge in [-0.15, -0.1) is 0 Å². The van der Waals surface area contributed by atoms with Crippen LogP contribution < -0.4 is 10.6 Å². The largest absolute Gasteiger partial charge is 0.356 e. The molecule has 2 N–H and O–H groups in total. The number of carbonyl (C=O) groups excluding carboxylic acids is 2. The van der Waals surface area contributed by atoms with E-state index >= 15 is 0 Å². The maximum absolute atomic E-state index is 11.5. The van der Waals surface area contributed by atoms with Crippen molar-refractivity contribution in [2.45, 2.75) is 25.8 Å². The van der Waals surface area contributed by atoms with Crippen molar-refractivity contribution in [1.82, 2.24) is 15.5 Å². The number of rotatable bonds is 4. The Morgan fingerprint density at radius 2 is 2.33 bits per heavy atom. The van der Waals surface area contributed by atoms with E-state index in [0.29, 0.717) is 18.1 Å². The number of hydrogen-bond acceptors (Lipinski definition) is 3. The van der Waals surface area contributed by atoms with Crippen LogP contribution in [0.2, 0.25) is 0 Å². The highest BCUT2D eigenvalue weighted by Gasteiger charge is 2.31. The lowest BCUT2D eigenvalue weighted by Gasteiger charge is -2.08. The summed E-state index contributed by atoms with van der Waals surface area (Å²) in [7, 11) is 1.66. The maximum atomic E-state index is 11.5. The Kier molecular flexibility index (Phi) is 4.02. The first-order chi connectivity index (χ1) is 7.02. The van der Waals surface area contributed by atoms with Crippen molar-refractivity contribution in [1.29, 1.82) is 0 Å². The van der Waals surface area contributed by atoms with Gasteiger partial charge >= 0.3 is 0 Å². The number of amides is 2. The second-order valence-corrected chi connectivity index (χ2v) is 3.91. The third kappa shape index (κ3) is 3.16. The van der Waals surface area contributed by atoms with Gasteiger partial charge in [-0.3, -0.25) is 14.5 Å². The molecule has 5 nitrogen and oxygen atoms in total. The summed E-state index contributed by atoms with van der Waals surface area (Å²) < 4.78 is 0. The fourth-order valence-corrected chi connectivity index (χ4v) is 1.64. The van der Waals surface area contributed by atoms with Gasteiger partial charge in [0.15, 0.2) is 5.11 Å². The van der Waals surface area contributed by atoms with Crippen LogP contribution in [0, 0.1) is 0 Å². The van der Waals surface area contributed by atoms with Crippen molar-refractivity contribution in [2.24, 2.45) is 0 Å². The number of likely N-dealkylation sites (N-methyl/N-ethyl adjacent to an activating group) is 1. The molecule has 15 heavy (non-hydrogen) atoms. The predicted molar refractivity (Wildman–Crippen MR) is 60.2 cm³/mol. The third-order valence-electron chi connectivity index (χ3n) is 2.27. The zero-order valence-electron chi connectivity index (χ0n) is 8.87. The van der Waals surface area contributed by atoms with Crippen LogP contribution in [0.4, 0.5) is 0 Å². The van der Waals surface area contributed by atoms with E-state index in [1.54, 1.807) is 7.05 Å². The maximum Gasteiger partial charge on any atom is 0.251 e. The molecule has 0 aromatic heterocycles. The molecule has 1 atom stereocenters. The SMILES string of the molecule is CC(=O)NCCCC1NC(=S)N(C)C1=O. The minimum Gasteiger partial charge on any atom is -0.356 e. The van der Waals surface area contributed by atoms with E-state index in [1.807, 2.05) is 0 Å². The minimum atomic E-state index is -0.226. The average molecular weight is 229 g/mol. The normalized spacial score (nSPS) is 20.4. The molecule has 0 saturated carbocycles. The zero-order chi connectivity index (χ0) is 11.4. The van der Waals surface area contributed by atoms with Crippen LogP contribution >= 0.6 is 12.2 Å². The Bertz CT molecular complexity index is 293. The summed E-state index contributed by atoms with van der Waals surface area (Å²) in [6.45, 7) is 2.07. The Morgan fingerprint density at radius 1 is 1.67 bits per heavy atom. The fourth-order valence-electron chi connectivity index (χ4n) is 1.41. The summed E-state index contributed by atoms with van der Waals surface area (Å²) in [5.74, 6) is -0.0452. The lowest BCUT2D eigenvalue weighted by atomic mass is 10.1. The molecule has 1 saturated heterocycles. The van der Waals surface area contributed by atoms with E-state index in [4.69, 9.17) is 12.2 Å². The molecule has 0 aromatic carbocycles. The lowest BCUT2D eigenvalue weighted by Crippen LogP contribution is -2.30. The van der Waals surface area contributed by atoms with Crippen molar-refractivity contribution in [3.05, 3.63) is 0 Å². The van der Waals surface area contributed by atoms with Crippen LogP contribution in [0.5, 0.6) is 0 Å². The van der Waals surface area contributed by atoms with Gasteiger partial charge in [-0.2, -0.15) is 0 Å². The van der Waals surface area contributed by atoms with Gasteiger partial charge in [0.05, 0.1) is 0 Å².